The zero-order chi connectivity index (χ0) is 12.8. The highest BCUT2D eigenvalue weighted by molar-refractivity contribution is 5.84. The van der Waals surface area contributed by atoms with E-state index in [1.165, 1.54) is 12.6 Å². The van der Waals surface area contributed by atoms with Gasteiger partial charge in [0.25, 0.3) is 5.90 Å². The van der Waals surface area contributed by atoms with Gasteiger partial charge in [-0.1, -0.05) is 37.8 Å². The quantitative estimate of drug-likeness (QED) is 0.447. The van der Waals surface area contributed by atoms with Gasteiger partial charge in [-0.3, -0.25) is 4.99 Å². The smallest absolute Gasteiger partial charge is 0.312 e. The lowest BCUT2D eigenvalue weighted by Gasteiger charge is -2.10. The molecule has 0 saturated heterocycles. The van der Waals surface area contributed by atoms with Crippen LogP contribution in [0.3, 0.4) is 0 Å². The molecule has 92 valence electrons. The number of benzene rings is 1. The van der Waals surface area contributed by atoms with E-state index in [0.717, 1.165) is 6.42 Å². The molecule has 1 rings (SSSR count). The van der Waals surface area contributed by atoms with Crippen molar-refractivity contribution in [3.8, 4) is 0 Å². The Bertz CT molecular complexity index is 410. The van der Waals surface area contributed by atoms with Crippen molar-refractivity contribution in [3.05, 3.63) is 42.0 Å². The molecule has 0 bridgehead atoms. The van der Waals surface area contributed by atoms with E-state index in [1.807, 2.05) is 19.1 Å². The maximum Gasteiger partial charge on any atom is 0.312 e. The summed E-state index contributed by atoms with van der Waals surface area (Å²) in [5, 5.41) is 0. The number of aliphatic imine (C=N–C) groups is 1. The van der Waals surface area contributed by atoms with Gasteiger partial charge in [0.2, 0.25) is 0 Å². The molecule has 17 heavy (non-hydrogen) atoms. The van der Waals surface area contributed by atoms with E-state index in [0.29, 0.717) is 5.56 Å². The van der Waals surface area contributed by atoms with E-state index >= 15 is 0 Å². The molecular weight excluding hydrogens is 224 g/mol. The number of halogens is 2. The molecule has 0 aliphatic carbocycles. The fourth-order valence-electron chi connectivity index (χ4n) is 1.30. The molecule has 0 spiro atoms. The Balaban J connectivity index is 2.76. The highest BCUT2D eigenvalue weighted by Crippen LogP contribution is 2.17. The predicted octanol–water partition coefficient (Wildman–Crippen LogP) is 3.53. The van der Waals surface area contributed by atoms with Crippen LogP contribution in [-0.4, -0.2) is 19.4 Å². The van der Waals surface area contributed by atoms with Crippen molar-refractivity contribution in [1.82, 2.24) is 0 Å². The number of aryl methyl sites for hydroxylation is 1. The normalized spacial score (nSPS) is 11.7. The maximum atomic E-state index is 12.4. The van der Waals surface area contributed by atoms with E-state index in [1.54, 1.807) is 12.1 Å². The summed E-state index contributed by atoms with van der Waals surface area (Å²) >= 11 is 0. The number of nitrogens with zero attached hydrogens (tertiary/aromatic N) is 1. The molecule has 0 N–H and O–H groups in total. The van der Waals surface area contributed by atoms with Crippen LogP contribution in [0.4, 0.5) is 8.78 Å². The molecule has 0 saturated carbocycles. The third-order valence-corrected chi connectivity index (χ3v) is 2.32. The number of alkyl halides is 2. The van der Waals surface area contributed by atoms with Crippen molar-refractivity contribution in [2.45, 2.75) is 19.8 Å². The van der Waals surface area contributed by atoms with Gasteiger partial charge in [0.1, 0.15) is 5.76 Å². The van der Waals surface area contributed by atoms with Gasteiger partial charge in [-0.25, -0.2) is 0 Å². The monoisotopic (exact) mass is 239 g/mol. The second kappa shape index (κ2) is 6.13. The molecule has 0 atom stereocenters. The number of hydrogen-bond acceptors (Lipinski definition) is 2. The second-order valence-corrected chi connectivity index (χ2v) is 3.44. The summed E-state index contributed by atoms with van der Waals surface area (Å²) in [7, 11) is 1.26. The third-order valence-electron chi connectivity index (χ3n) is 2.32. The van der Waals surface area contributed by atoms with E-state index in [9.17, 15) is 8.78 Å². The van der Waals surface area contributed by atoms with Crippen LogP contribution in [0.25, 0.3) is 5.76 Å². The molecule has 0 radical (unpaired) electrons. The molecule has 0 heterocycles. The first-order valence-electron chi connectivity index (χ1n) is 5.29. The lowest BCUT2D eigenvalue weighted by Crippen LogP contribution is -2.13. The topological polar surface area (TPSA) is 21.6 Å². The first kappa shape index (κ1) is 13.4. The summed E-state index contributed by atoms with van der Waals surface area (Å²) in [6.45, 7) is 5.65. The Morgan fingerprint density at radius 1 is 1.35 bits per heavy atom. The highest BCUT2D eigenvalue weighted by atomic mass is 19.3. The standard InChI is InChI=1S/C13H15F2NO/c1-4-10-5-7-11(8-6-10)9(2)17-13(16-3)12(14)15/h5-8,12H,2,4H2,1,3H3. The van der Waals surface area contributed by atoms with Crippen LogP contribution in [0.5, 0.6) is 0 Å². The van der Waals surface area contributed by atoms with Crippen molar-refractivity contribution in [3.63, 3.8) is 0 Å². The molecule has 0 fully saturated rings. The van der Waals surface area contributed by atoms with Gasteiger partial charge >= 0.3 is 6.43 Å². The van der Waals surface area contributed by atoms with Crippen LogP contribution in [0, 0.1) is 0 Å². The van der Waals surface area contributed by atoms with Gasteiger partial charge in [-0.05, 0) is 12.0 Å². The molecule has 4 heteroatoms. The molecular formula is C13H15F2NO. The summed E-state index contributed by atoms with van der Waals surface area (Å²) < 4.78 is 29.7. The third kappa shape index (κ3) is 3.66. The summed E-state index contributed by atoms with van der Waals surface area (Å²) in [5.74, 6) is -0.442. The van der Waals surface area contributed by atoms with Crippen molar-refractivity contribution in [1.29, 1.82) is 0 Å². The van der Waals surface area contributed by atoms with Crippen molar-refractivity contribution in [2.75, 3.05) is 7.05 Å². The second-order valence-electron chi connectivity index (χ2n) is 3.44. The molecule has 0 amide bonds. The lowest BCUT2D eigenvalue weighted by molar-refractivity contribution is 0.196. The molecule has 1 aromatic rings. The fourth-order valence-corrected chi connectivity index (χ4v) is 1.30. The van der Waals surface area contributed by atoms with Crippen LogP contribution in [0.2, 0.25) is 0 Å². The zero-order valence-electron chi connectivity index (χ0n) is 9.91. The largest absolute Gasteiger partial charge is 0.438 e. The van der Waals surface area contributed by atoms with Gasteiger partial charge in [-0.15, -0.1) is 0 Å². The average molecular weight is 239 g/mol. The van der Waals surface area contributed by atoms with Gasteiger partial charge in [0.15, 0.2) is 0 Å². The first-order chi connectivity index (χ1) is 8.08. The molecule has 0 aliphatic heterocycles. The minimum Gasteiger partial charge on any atom is -0.438 e. The Kier molecular flexibility index (Phi) is 4.82. The molecule has 0 aliphatic rings. The Morgan fingerprint density at radius 2 is 1.94 bits per heavy atom. The van der Waals surface area contributed by atoms with Gasteiger partial charge in [-0.2, -0.15) is 8.78 Å². The van der Waals surface area contributed by atoms with Crippen molar-refractivity contribution >= 4 is 11.7 Å². The summed E-state index contributed by atoms with van der Waals surface area (Å²) in [6, 6.07) is 7.41. The number of hydrogen-bond donors (Lipinski definition) is 0. The fraction of sp³-hybridized carbons (Fsp3) is 0.308. The van der Waals surface area contributed by atoms with Gasteiger partial charge in [0, 0.05) is 12.6 Å². The lowest BCUT2D eigenvalue weighted by atomic mass is 10.1. The Labute approximate surface area is 99.6 Å². The Hall–Kier alpha value is -1.71. The molecule has 0 unspecified atom stereocenters. The molecule has 1 aromatic carbocycles. The van der Waals surface area contributed by atoms with Crippen LogP contribution in [-0.2, 0) is 11.2 Å². The van der Waals surface area contributed by atoms with E-state index in [4.69, 9.17) is 4.74 Å². The maximum absolute atomic E-state index is 12.4. The van der Waals surface area contributed by atoms with Crippen molar-refractivity contribution < 1.29 is 13.5 Å². The minimum absolute atomic E-state index is 0.175. The van der Waals surface area contributed by atoms with Crippen LogP contribution in [0.15, 0.2) is 35.8 Å². The van der Waals surface area contributed by atoms with Crippen molar-refractivity contribution in [2.24, 2.45) is 4.99 Å². The number of rotatable bonds is 4. The summed E-state index contributed by atoms with van der Waals surface area (Å²) in [4.78, 5) is 3.37. The van der Waals surface area contributed by atoms with E-state index in [2.05, 4.69) is 11.6 Å². The predicted molar refractivity (Wildman–Crippen MR) is 65.3 cm³/mol. The summed E-state index contributed by atoms with van der Waals surface area (Å²) in [5.41, 5.74) is 1.84. The van der Waals surface area contributed by atoms with Crippen LogP contribution < -0.4 is 0 Å². The van der Waals surface area contributed by atoms with Gasteiger partial charge < -0.3 is 4.74 Å². The first-order valence-corrected chi connectivity index (χ1v) is 5.29. The zero-order valence-corrected chi connectivity index (χ0v) is 9.91. The van der Waals surface area contributed by atoms with E-state index in [-0.39, 0.29) is 5.76 Å². The van der Waals surface area contributed by atoms with Gasteiger partial charge in [0.05, 0.1) is 0 Å². The van der Waals surface area contributed by atoms with Crippen LogP contribution in [0.1, 0.15) is 18.1 Å². The number of ether oxygens (including phenoxy) is 1. The average Bonchev–Trinajstić information content (AvgIpc) is 2.35. The van der Waals surface area contributed by atoms with E-state index < -0.39 is 12.3 Å². The van der Waals surface area contributed by atoms with Crippen LogP contribution >= 0.6 is 0 Å². The minimum atomic E-state index is -2.73. The molecule has 0 aromatic heterocycles. The summed E-state index contributed by atoms with van der Waals surface area (Å²) in [6.07, 6.45) is -1.81. The molecule has 2 nitrogen and oxygen atoms in total. The SMILES string of the molecule is C=C(OC(=NC)C(F)F)c1ccc(CC)cc1. The highest BCUT2D eigenvalue weighted by Gasteiger charge is 2.15. The Morgan fingerprint density at radius 3 is 2.35 bits per heavy atom.